The molecule has 0 radical (unpaired) electrons. The van der Waals surface area contributed by atoms with Gasteiger partial charge in [0.25, 0.3) is 0 Å². The summed E-state index contributed by atoms with van der Waals surface area (Å²) >= 11 is 5.06. The zero-order valence-corrected chi connectivity index (χ0v) is 12.7. The number of hydrogen-bond acceptors (Lipinski definition) is 5. The standard InChI is InChI=1S/C12H15BrN4S/c1-3-9-6-16-12(18-9)7(2)17-11-10(14)4-8(13)5-15-11/h4-7H,3,14H2,1-2H3,(H,15,17). The number of aryl methyl sites for hydroxylation is 1. The Morgan fingerprint density at radius 3 is 2.83 bits per heavy atom. The van der Waals surface area contributed by atoms with Crippen LogP contribution in [-0.4, -0.2) is 9.97 Å². The maximum absolute atomic E-state index is 5.91. The molecule has 2 heterocycles. The second-order valence-corrected chi connectivity index (χ2v) is 6.04. The number of anilines is 2. The number of thiazole rings is 1. The fourth-order valence-electron chi connectivity index (χ4n) is 1.53. The molecule has 0 aromatic carbocycles. The van der Waals surface area contributed by atoms with Gasteiger partial charge in [-0.2, -0.15) is 0 Å². The molecule has 1 unspecified atom stereocenters. The average Bonchev–Trinajstić information content (AvgIpc) is 2.81. The van der Waals surface area contributed by atoms with Gasteiger partial charge in [0.15, 0.2) is 0 Å². The molecule has 6 heteroatoms. The van der Waals surface area contributed by atoms with Gasteiger partial charge in [-0.25, -0.2) is 9.97 Å². The molecule has 1 atom stereocenters. The van der Waals surface area contributed by atoms with Crippen LogP contribution >= 0.6 is 27.3 Å². The molecule has 96 valence electrons. The summed E-state index contributed by atoms with van der Waals surface area (Å²) in [4.78, 5) is 9.96. The maximum Gasteiger partial charge on any atom is 0.149 e. The molecular formula is C12H15BrN4S. The van der Waals surface area contributed by atoms with Gasteiger partial charge in [0.2, 0.25) is 0 Å². The molecule has 0 saturated heterocycles. The highest BCUT2D eigenvalue weighted by Gasteiger charge is 2.12. The first-order valence-electron chi connectivity index (χ1n) is 5.72. The van der Waals surface area contributed by atoms with Gasteiger partial charge in [-0.1, -0.05) is 6.92 Å². The van der Waals surface area contributed by atoms with Crippen LogP contribution in [0.3, 0.4) is 0 Å². The predicted octanol–water partition coefficient (Wildman–Crippen LogP) is 3.62. The van der Waals surface area contributed by atoms with Gasteiger partial charge < -0.3 is 11.1 Å². The fourth-order valence-corrected chi connectivity index (χ4v) is 2.74. The van der Waals surface area contributed by atoms with Gasteiger partial charge in [-0.05, 0) is 35.3 Å². The Balaban J connectivity index is 2.13. The number of nitrogens with zero attached hydrogens (tertiary/aromatic N) is 2. The van der Waals surface area contributed by atoms with Crippen molar-refractivity contribution < 1.29 is 0 Å². The van der Waals surface area contributed by atoms with E-state index in [1.54, 1.807) is 17.5 Å². The Morgan fingerprint density at radius 1 is 1.44 bits per heavy atom. The fraction of sp³-hybridized carbons (Fsp3) is 0.333. The molecule has 0 spiro atoms. The third kappa shape index (κ3) is 3.00. The van der Waals surface area contributed by atoms with E-state index in [9.17, 15) is 0 Å². The number of rotatable bonds is 4. The first-order valence-corrected chi connectivity index (χ1v) is 7.33. The molecule has 2 aromatic rings. The molecule has 4 nitrogen and oxygen atoms in total. The number of aromatic nitrogens is 2. The molecule has 0 aliphatic rings. The molecular weight excluding hydrogens is 312 g/mol. The predicted molar refractivity (Wildman–Crippen MR) is 79.9 cm³/mol. The monoisotopic (exact) mass is 326 g/mol. The van der Waals surface area contributed by atoms with Crippen molar-refractivity contribution in [3.63, 3.8) is 0 Å². The van der Waals surface area contributed by atoms with E-state index in [0.717, 1.165) is 15.9 Å². The van der Waals surface area contributed by atoms with Crippen molar-refractivity contribution in [3.8, 4) is 0 Å². The molecule has 0 aliphatic carbocycles. The maximum atomic E-state index is 5.91. The summed E-state index contributed by atoms with van der Waals surface area (Å²) in [6, 6.07) is 1.94. The summed E-state index contributed by atoms with van der Waals surface area (Å²) in [5, 5.41) is 4.33. The van der Waals surface area contributed by atoms with Crippen molar-refractivity contribution in [2.24, 2.45) is 0 Å². The lowest BCUT2D eigenvalue weighted by atomic mass is 10.3. The minimum absolute atomic E-state index is 0.103. The molecule has 3 N–H and O–H groups in total. The Labute approximate surface area is 119 Å². The van der Waals surface area contributed by atoms with Crippen molar-refractivity contribution in [2.75, 3.05) is 11.1 Å². The third-order valence-electron chi connectivity index (χ3n) is 2.53. The van der Waals surface area contributed by atoms with E-state index >= 15 is 0 Å². The summed E-state index contributed by atoms with van der Waals surface area (Å²) in [7, 11) is 0. The molecule has 18 heavy (non-hydrogen) atoms. The van der Waals surface area contributed by atoms with Gasteiger partial charge in [0.1, 0.15) is 10.8 Å². The van der Waals surface area contributed by atoms with E-state index in [1.807, 2.05) is 12.3 Å². The Kier molecular flexibility index (Phi) is 4.19. The van der Waals surface area contributed by atoms with Gasteiger partial charge in [0, 0.05) is 21.7 Å². The topological polar surface area (TPSA) is 63.8 Å². The quantitative estimate of drug-likeness (QED) is 0.900. The lowest BCUT2D eigenvalue weighted by Crippen LogP contribution is -2.09. The molecule has 2 rings (SSSR count). The summed E-state index contributed by atoms with van der Waals surface area (Å²) in [6.07, 6.45) is 4.67. The number of nitrogen functional groups attached to an aromatic ring is 1. The Morgan fingerprint density at radius 2 is 2.22 bits per heavy atom. The van der Waals surface area contributed by atoms with Crippen molar-refractivity contribution in [1.29, 1.82) is 0 Å². The van der Waals surface area contributed by atoms with Gasteiger partial charge in [-0.15, -0.1) is 11.3 Å². The SMILES string of the molecule is CCc1cnc(C(C)Nc2ncc(Br)cc2N)s1. The highest BCUT2D eigenvalue weighted by molar-refractivity contribution is 9.10. The highest BCUT2D eigenvalue weighted by atomic mass is 79.9. The third-order valence-corrected chi connectivity index (χ3v) is 4.29. The minimum atomic E-state index is 0.103. The van der Waals surface area contributed by atoms with Crippen LogP contribution in [0.4, 0.5) is 11.5 Å². The molecule has 0 fully saturated rings. The smallest absolute Gasteiger partial charge is 0.149 e. The van der Waals surface area contributed by atoms with Crippen LogP contribution < -0.4 is 11.1 Å². The Bertz CT molecular complexity index is 541. The van der Waals surface area contributed by atoms with Crippen LogP contribution in [0.25, 0.3) is 0 Å². The molecule has 0 aliphatic heterocycles. The van der Waals surface area contributed by atoms with Gasteiger partial charge in [-0.3, -0.25) is 0 Å². The van der Waals surface area contributed by atoms with E-state index in [1.165, 1.54) is 4.88 Å². The van der Waals surface area contributed by atoms with Crippen LogP contribution in [0.2, 0.25) is 0 Å². The summed E-state index contributed by atoms with van der Waals surface area (Å²) in [5.74, 6) is 0.693. The molecule has 0 amide bonds. The number of pyridine rings is 1. The molecule has 2 aromatic heterocycles. The van der Waals surface area contributed by atoms with Crippen LogP contribution in [0.15, 0.2) is 22.9 Å². The van der Waals surface area contributed by atoms with E-state index in [2.05, 4.69) is 45.1 Å². The molecule has 0 saturated carbocycles. The average molecular weight is 327 g/mol. The van der Waals surface area contributed by atoms with E-state index in [-0.39, 0.29) is 6.04 Å². The summed E-state index contributed by atoms with van der Waals surface area (Å²) in [5.41, 5.74) is 6.54. The van der Waals surface area contributed by atoms with Crippen molar-refractivity contribution in [3.05, 3.63) is 32.8 Å². The van der Waals surface area contributed by atoms with Gasteiger partial charge in [0.05, 0.1) is 11.7 Å². The zero-order valence-electron chi connectivity index (χ0n) is 10.3. The zero-order chi connectivity index (χ0) is 13.1. The second-order valence-electron chi connectivity index (χ2n) is 3.98. The van der Waals surface area contributed by atoms with Crippen LogP contribution in [0.5, 0.6) is 0 Å². The minimum Gasteiger partial charge on any atom is -0.396 e. The Hall–Kier alpha value is -1.14. The normalized spacial score (nSPS) is 12.4. The lowest BCUT2D eigenvalue weighted by Gasteiger charge is -2.13. The molecule has 0 bridgehead atoms. The van der Waals surface area contributed by atoms with Crippen molar-refractivity contribution in [2.45, 2.75) is 26.3 Å². The number of nitrogens with one attached hydrogen (secondary N) is 1. The summed E-state index contributed by atoms with van der Waals surface area (Å²) < 4.78 is 0.876. The summed E-state index contributed by atoms with van der Waals surface area (Å²) in [6.45, 7) is 4.19. The first-order chi connectivity index (χ1) is 8.60. The second kappa shape index (κ2) is 5.67. The van der Waals surface area contributed by atoms with E-state index in [0.29, 0.717) is 11.5 Å². The lowest BCUT2D eigenvalue weighted by molar-refractivity contribution is 0.861. The number of nitrogens with two attached hydrogens (primary N) is 1. The highest BCUT2D eigenvalue weighted by Crippen LogP contribution is 2.26. The first kappa shape index (κ1) is 13.3. The number of halogens is 1. The number of hydrogen-bond donors (Lipinski definition) is 2. The van der Waals surface area contributed by atoms with Crippen molar-refractivity contribution in [1.82, 2.24) is 9.97 Å². The van der Waals surface area contributed by atoms with Gasteiger partial charge >= 0.3 is 0 Å². The van der Waals surface area contributed by atoms with Crippen LogP contribution in [0.1, 0.15) is 29.8 Å². The van der Waals surface area contributed by atoms with E-state index in [4.69, 9.17) is 5.73 Å². The van der Waals surface area contributed by atoms with Crippen molar-refractivity contribution >= 4 is 38.8 Å². The van der Waals surface area contributed by atoms with Crippen LogP contribution in [-0.2, 0) is 6.42 Å². The van der Waals surface area contributed by atoms with E-state index < -0.39 is 0 Å². The van der Waals surface area contributed by atoms with Crippen LogP contribution in [0, 0.1) is 0 Å². The largest absolute Gasteiger partial charge is 0.396 e.